The zero-order valence-corrected chi connectivity index (χ0v) is 10.2. The van der Waals surface area contributed by atoms with E-state index in [9.17, 15) is 4.79 Å². The van der Waals surface area contributed by atoms with Gasteiger partial charge in [-0.15, -0.1) is 5.10 Å². The summed E-state index contributed by atoms with van der Waals surface area (Å²) >= 11 is 0. The number of nitrogens with zero attached hydrogens (tertiary/aromatic N) is 3. The molecule has 0 saturated carbocycles. The van der Waals surface area contributed by atoms with Gasteiger partial charge >= 0.3 is 0 Å². The van der Waals surface area contributed by atoms with Crippen LogP contribution in [0.5, 0.6) is 0 Å². The SMILES string of the molecule is NCc1cn(CC(=O)NCCCOCCO)nn1. The Morgan fingerprint density at radius 3 is 3.06 bits per heavy atom. The molecule has 0 bridgehead atoms. The van der Waals surface area contributed by atoms with Crippen molar-refractivity contribution in [2.24, 2.45) is 5.73 Å². The molecular weight excluding hydrogens is 238 g/mol. The smallest absolute Gasteiger partial charge is 0.241 e. The molecule has 0 saturated heterocycles. The van der Waals surface area contributed by atoms with Crippen molar-refractivity contribution in [2.75, 3.05) is 26.4 Å². The minimum absolute atomic E-state index is 0.0160. The minimum Gasteiger partial charge on any atom is -0.394 e. The van der Waals surface area contributed by atoms with Gasteiger partial charge in [0.1, 0.15) is 6.54 Å². The van der Waals surface area contributed by atoms with E-state index in [0.717, 1.165) is 0 Å². The average molecular weight is 257 g/mol. The Bertz CT molecular complexity index is 355. The number of rotatable bonds is 9. The fourth-order valence-corrected chi connectivity index (χ4v) is 1.28. The molecule has 8 nitrogen and oxygen atoms in total. The van der Waals surface area contributed by atoms with Crippen LogP contribution in [0.1, 0.15) is 12.1 Å². The lowest BCUT2D eigenvalue weighted by atomic mass is 10.4. The number of nitrogens with two attached hydrogens (primary N) is 1. The highest BCUT2D eigenvalue weighted by molar-refractivity contribution is 5.75. The largest absolute Gasteiger partial charge is 0.394 e. The van der Waals surface area contributed by atoms with Gasteiger partial charge in [-0.3, -0.25) is 4.79 Å². The van der Waals surface area contributed by atoms with Crippen LogP contribution in [0.25, 0.3) is 0 Å². The average Bonchev–Trinajstić information content (AvgIpc) is 2.81. The highest BCUT2D eigenvalue weighted by Gasteiger charge is 2.04. The molecule has 0 aliphatic rings. The number of aromatic nitrogens is 3. The summed E-state index contributed by atoms with van der Waals surface area (Å²) in [5.74, 6) is -0.134. The zero-order chi connectivity index (χ0) is 13.2. The van der Waals surface area contributed by atoms with Gasteiger partial charge in [0.15, 0.2) is 0 Å². The molecule has 0 radical (unpaired) electrons. The summed E-state index contributed by atoms with van der Waals surface area (Å²) in [6, 6.07) is 0. The quantitative estimate of drug-likeness (QED) is 0.452. The Labute approximate surface area is 105 Å². The van der Waals surface area contributed by atoms with Gasteiger partial charge in [0.25, 0.3) is 0 Å². The Kier molecular flexibility index (Phi) is 6.92. The lowest BCUT2D eigenvalue weighted by Gasteiger charge is -2.05. The number of carbonyl (C=O) groups excluding carboxylic acids is 1. The van der Waals surface area contributed by atoms with E-state index in [1.165, 1.54) is 4.68 Å². The Balaban J connectivity index is 2.10. The maximum Gasteiger partial charge on any atom is 0.241 e. The van der Waals surface area contributed by atoms with Crippen LogP contribution in [0.3, 0.4) is 0 Å². The van der Waals surface area contributed by atoms with Crippen LogP contribution >= 0.6 is 0 Å². The monoisotopic (exact) mass is 257 g/mol. The molecule has 1 rings (SSSR count). The molecule has 0 aliphatic heterocycles. The number of nitrogens with one attached hydrogen (secondary N) is 1. The Hall–Kier alpha value is -1.51. The summed E-state index contributed by atoms with van der Waals surface area (Å²) in [7, 11) is 0. The molecule has 0 aliphatic carbocycles. The van der Waals surface area contributed by atoms with Gasteiger partial charge in [0, 0.05) is 19.7 Å². The Morgan fingerprint density at radius 1 is 1.56 bits per heavy atom. The lowest BCUT2D eigenvalue weighted by Crippen LogP contribution is -2.29. The van der Waals surface area contributed by atoms with Crippen LogP contribution < -0.4 is 11.1 Å². The van der Waals surface area contributed by atoms with Crippen molar-refractivity contribution in [3.05, 3.63) is 11.9 Å². The summed E-state index contributed by atoms with van der Waals surface area (Å²) in [4.78, 5) is 11.5. The third-order valence-electron chi connectivity index (χ3n) is 2.12. The summed E-state index contributed by atoms with van der Waals surface area (Å²) in [6.07, 6.45) is 2.35. The molecule has 0 spiro atoms. The number of ether oxygens (including phenoxy) is 1. The van der Waals surface area contributed by atoms with Crippen molar-refractivity contribution in [1.29, 1.82) is 0 Å². The highest BCUT2D eigenvalue weighted by Crippen LogP contribution is 1.90. The first-order chi connectivity index (χ1) is 8.76. The predicted molar refractivity (Wildman–Crippen MR) is 63.4 cm³/mol. The van der Waals surface area contributed by atoms with Crippen molar-refractivity contribution in [2.45, 2.75) is 19.5 Å². The number of carbonyl (C=O) groups is 1. The van der Waals surface area contributed by atoms with E-state index < -0.39 is 0 Å². The van der Waals surface area contributed by atoms with Gasteiger partial charge in [0.05, 0.1) is 25.1 Å². The first-order valence-electron chi connectivity index (χ1n) is 5.80. The minimum atomic E-state index is -0.134. The van der Waals surface area contributed by atoms with Crippen molar-refractivity contribution >= 4 is 5.91 Å². The van der Waals surface area contributed by atoms with Crippen LogP contribution in [-0.2, 0) is 22.6 Å². The third kappa shape index (κ3) is 5.71. The zero-order valence-electron chi connectivity index (χ0n) is 10.2. The third-order valence-corrected chi connectivity index (χ3v) is 2.12. The number of aliphatic hydroxyl groups is 1. The van der Waals surface area contributed by atoms with E-state index in [0.29, 0.717) is 38.4 Å². The molecule has 102 valence electrons. The van der Waals surface area contributed by atoms with Crippen molar-refractivity contribution in [1.82, 2.24) is 20.3 Å². The topological polar surface area (TPSA) is 115 Å². The van der Waals surface area contributed by atoms with Gasteiger partial charge in [-0.2, -0.15) is 0 Å². The molecule has 0 fully saturated rings. The molecule has 1 aromatic heterocycles. The number of amides is 1. The highest BCUT2D eigenvalue weighted by atomic mass is 16.5. The van der Waals surface area contributed by atoms with Gasteiger partial charge in [0.2, 0.25) is 5.91 Å². The molecule has 0 aromatic carbocycles. The molecule has 8 heteroatoms. The molecule has 1 amide bonds. The first kappa shape index (κ1) is 14.6. The summed E-state index contributed by atoms with van der Waals surface area (Å²) in [6.45, 7) is 1.83. The molecule has 0 atom stereocenters. The van der Waals surface area contributed by atoms with Crippen LogP contribution in [-0.4, -0.2) is 52.4 Å². The van der Waals surface area contributed by atoms with Gasteiger partial charge in [-0.25, -0.2) is 4.68 Å². The van der Waals surface area contributed by atoms with E-state index in [1.807, 2.05) is 0 Å². The number of aliphatic hydroxyl groups excluding tert-OH is 1. The molecule has 18 heavy (non-hydrogen) atoms. The lowest BCUT2D eigenvalue weighted by molar-refractivity contribution is -0.121. The van der Waals surface area contributed by atoms with Crippen molar-refractivity contribution in [3.63, 3.8) is 0 Å². The van der Waals surface area contributed by atoms with Crippen LogP contribution in [0.4, 0.5) is 0 Å². The van der Waals surface area contributed by atoms with E-state index in [-0.39, 0.29) is 19.1 Å². The summed E-state index contributed by atoms with van der Waals surface area (Å²) in [5, 5.41) is 18.8. The van der Waals surface area contributed by atoms with Gasteiger partial charge in [-0.05, 0) is 6.42 Å². The molecule has 1 aromatic rings. The first-order valence-corrected chi connectivity index (χ1v) is 5.80. The summed E-state index contributed by atoms with van der Waals surface area (Å²) < 4.78 is 6.50. The second kappa shape index (κ2) is 8.56. The summed E-state index contributed by atoms with van der Waals surface area (Å²) in [5.41, 5.74) is 6.04. The van der Waals surface area contributed by atoms with E-state index in [2.05, 4.69) is 15.6 Å². The van der Waals surface area contributed by atoms with Gasteiger partial charge in [-0.1, -0.05) is 5.21 Å². The second-order valence-electron chi connectivity index (χ2n) is 3.65. The van der Waals surface area contributed by atoms with Crippen molar-refractivity contribution < 1.29 is 14.6 Å². The Morgan fingerprint density at radius 2 is 2.39 bits per heavy atom. The number of hydrogen-bond acceptors (Lipinski definition) is 6. The fourth-order valence-electron chi connectivity index (χ4n) is 1.28. The van der Waals surface area contributed by atoms with Crippen LogP contribution in [0.2, 0.25) is 0 Å². The van der Waals surface area contributed by atoms with E-state index >= 15 is 0 Å². The van der Waals surface area contributed by atoms with E-state index in [4.69, 9.17) is 15.6 Å². The van der Waals surface area contributed by atoms with Gasteiger partial charge < -0.3 is 20.9 Å². The molecular formula is C10H19N5O3. The second-order valence-corrected chi connectivity index (χ2v) is 3.65. The van der Waals surface area contributed by atoms with E-state index in [1.54, 1.807) is 6.20 Å². The molecule has 0 unspecified atom stereocenters. The standard InChI is InChI=1S/C10H19N5O3/c11-6-9-7-15(14-13-9)8-10(17)12-2-1-4-18-5-3-16/h7,16H,1-6,8,11H2,(H,12,17). The normalized spacial score (nSPS) is 10.6. The molecule has 4 N–H and O–H groups in total. The number of hydrogen-bond donors (Lipinski definition) is 3. The van der Waals surface area contributed by atoms with Crippen LogP contribution in [0.15, 0.2) is 6.20 Å². The van der Waals surface area contributed by atoms with Crippen molar-refractivity contribution in [3.8, 4) is 0 Å². The molecule has 1 heterocycles. The fraction of sp³-hybridized carbons (Fsp3) is 0.700. The maximum atomic E-state index is 11.5. The van der Waals surface area contributed by atoms with Crippen LogP contribution in [0, 0.1) is 0 Å². The predicted octanol–water partition coefficient (Wildman–Crippen LogP) is -1.75. The maximum absolute atomic E-state index is 11.5.